The van der Waals surface area contributed by atoms with Gasteiger partial charge in [0.2, 0.25) is 0 Å². The number of amides is 1. The number of alkyl halides is 2. The molecule has 4 nitrogen and oxygen atoms in total. The summed E-state index contributed by atoms with van der Waals surface area (Å²) in [6, 6.07) is 5.13. The second kappa shape index (κ2) is 7.88. The van der Waals surface area contributed by atoms with Crippen LogP contribution in [0.25, 0.3) is 0 Å². The molecule has 0 aliphatic carbocycles. The van der Waals surface area contributed by atoms with Crippen molar-refractivity contribution < 1.29 is 14.3 Å². The van der Waals surface area contributed by atoms with E-state index >= 15 is 0 Å². The molecule has 1 aromatic carbocycles. The Morgan fingerprint density at radius 3 is 2.25 bits per heavy atom. The highest BCUT2D eigenvalue weighted by atomic mass is 79.9. The van der Waals surface area contributed by atoms with Gasteiger partial charge in [0.05, 0.1) is 19.8 Å². The molecule has 0 heterocycles. The fraction of sp³-hybridized carbons (Fsp3) is 0.500. The van der Waals surface area contributed by atoms with Crippen molar-refractivity contribution in [3.05, 3.63) is 23.8 Å². The normalized spacial score (nSPS) is 11.1. The molecule has 20 heavy (non-hydrogen) atoms. The maximum Gasteiger partial charge on any atom is 0.251 e. The number of nitrogens with one attached hydrogen (secondary N) is 1. The van der Waals surface area contributed by atoms with E-state index in [9.17, 15) is 4.79 Å². The minimum atomic E-state index is -0.301. The topological polar surface area (TPSA) is 47.6 Å². The fourth-order valence-corrected chi connectivity index (χ4v) is 3.67. The van der Waals surface area contributed by atoms with Crippen molar-refractivity contribution in [3.63, 3.8) is 0 Å². The van der Waals surface area contributed by atoms with Gasteiger partial charge in [0, 0.05) is 16.2 Å². The Hall–Kier alpha value is -0.750. The van der Waals surface area contributed by atoms with Gasteiger partial charge in [0.15, 0.2) is 11.5 Å². The SMILES string of the molecule is CCC(CBr)(CBr)NC(=O)c1ccc(OC)c(OC)c1. The zero-order valence-electron chi connectivity index (χ0n) is 11.8. The van der Waals surface area contributed by atoms with Crippen LogP contribution in [0, 0.1) is 0 Å². The third-order valence-corrected chi connectivity index (χ3v) is 5.36. The highest BCUT2D eigenvalue weighted by molar-refractivity contribution is 9.09. The number of hydrogen-bond acceptors (Lipinski definition) is 3. The van der Waals surface area contributed by atoms with Gasteiger partial charge in [-0.1, -0.05) is 38.8 Å². The Morgan fingerprint density at radius 1 is 1.20 bits per heavy atom. The van der Waals surface area contributed by atoms with Crippen LogP contribution in [-0.2, 0) is 0 Å². The summed E-state index contributed by atoms with van der Waals surface area (Å²) < 4.78 is 10.4. The Kier molecular flexibility index (Phi) is 6.82. The molecule has 1 rings (SSSR count). The molecule has 0 aliphatic rings. The van der Waals surface area contributed by atoms with E-state index in [1.54, 1.807) is 32.4 Å². The van der Waals surface area contributed by atoms with E-state index in [1.165, 1.54) is 0 Å². The lowest BCUT2D eigenvalue weighted by atomic mass is 10.0. The molecule has 0 bridgehead atoms. The summed E-state index contributed by atoms with van der Waals surface area (Å²) in [4.78, 5) is 12.4. The summed E-state index contributed by atoms with van der Waals surface area (Å²) in [5.41, 5.74) is 0.243. The maximum atomic E-state index is 12.4. The van der Waals surface area contributed by atoms with Crippen molar-refractivity contribution in [3.8, 4) is 11.5 Å². The van der Waals surface area contributed by atoms with Crippen LogP contribution in [0.15, 0.2) is 18.2 Å². The number of rotatable bonds is 7. The van der Waals surface area contributed by atoms with Crippen LogP contribution < -0.4 is 14.8 Å². The molecule has 0 saturated carbocycles. The first-order chi connectivity index (χ1) is 9.55. The van der Waals surface area contributed by atoms with E-state index in [1.807, 2.05) is 6.92 Å². The van der Waals surface area contributed by atoms with Gasteiger partial charge in [-0.2, -0.15) is 0 Å². The molecule has 0 unspecified atom stereocenters. The highest BCUT2D eigenvalue weighted by Crippen LogP contribution is 2.28. The Labute approximate surface area is 136 Å². The van der Waals surface area contributed by atoms with Gasteiger partial charge in [0.25, 0.3) is 5.91 Å². The van der Waals surface area contributed by atoms with E-state index in [2.05, 4.69) is 37.2 Å². The number of methoxy groups -OCH3 is 2. The largest absolute Gasteiger partial charge is 0.493 e. The zero-order valence-corrected chi connectivity index (χ0v) is 15.0. The standard InChI is InChI=1S/C14H19Br2NO3/c1-4-14(8-15,9-16)17-13(18)10-5-6-11(19-2)12(7-10)20-3/h5-7H,4,8-9H2,1-3H3,(H,17,18). The monoisotopic (exact) mass is 407 g/mol. The second-order valence-corrected chi connectivity index (χ2v) is 5.55. The Morgan fingerprint density at radius 2 is 1.80 bits per heavy atom. The molecule has 1 N–H and O–H groups in total. The van der Waals surface area contributed by atoms with Crippen molar-refractivity contribution in [1.29, 1.82) is 0 Å². The Bertz CT molecular complexity index is 453. The van der Waals surface area contributed by atoms with Crippen molar-refractivity contribution in [2.75, 3.05) is 24.9 Å². The van der Waals surface area contributed by atoms with E-state index in [0.29, 0.717) is 27.7 Å². The van der Waals surface area contributed by atoms with Crippen LogP contribution in [0.5, 0.6) is 11.5 Å². The van der Waals surface area contributed by atoms with E-state index in [-0.39, 0.29) is 11.4 Å². The van der Waals surface area contributed by atoms with Gasteiger partial charge in [-0.15, -0.1) is 0 Å². The summed E-state index contributed by atoms with van der Waals surface area (Å²) in [5, 5.41) is 4.42. The molecule has 0 aliphatic heterocycles. The molecule has 0 radical (unpaired) electrons. The molecule has 0 fully saturated rings. The summed E-state index contributed by atoms with van der Waals surface area (Å²) in [6.07, 6.45) is 0.822. The minimum Gasteiger partial charge on any atom is -0.493 e. The molecular formula is C14H19Br2NO3. The predicted octanol–water partition coefficient (Wildman–Crippen LogP) is 3.37. The fourth-order valence-electron chi connectivity index (χ4n) is 1.67. The summed E-state index contributed by atoms with van der Waals surface area (Å²) in [5.74, 6) is 1.01. The molecule has 0 saturated heterocycles. The van der Waals surface area contributed by atoms with Crippen LogP contribution in [0.1, 0.15) is 23.7 Å². The average molecular weight is 409 g/mol. The lowest BCUT2D eigenvalue weighted by Gasteiger charge is -2.30. The van der Waals surface area contributed by atoms with E-state index in [4.69, 9.17) is 9.47 Å². The average Bonchev–Trinajstić information content (AvgIpc) is 2.51. The summed E-state index contributed by atoms with van der Waals surface area (Å²) >= 11 is 6.91. The van der Waals surface area contributed by atoms with Gasteiger partial charge >= 0.3 is 0 Å². The van der Waals surface area contributed by atoms with Crippen molar-refractivity contribution >= 4 is 37.8 Å². The molecule has 1 amide bonds. The third-order valence-electron chi connectivity index (χ3n) is 3.21. The smallest absolute Gasteiger partial charge is 0.251 e. The van der Waals surface area contributed by atoms with Crippen molar-refractivity contribution in [1.82, 2.24) is 5.32 Å². The highest BCUT2D eigenvalue weighted by Gasteiger charge is 2.28. The van der Waals surface area contributed by atoms with E-state index < -0.39 is 0 Å². The molecule has 112 valence electrons. The van der Waals surface area contributed by atoms with Crippen LogP contribution >= 0.6 is 31.9 Å². The minimum absolute atomic E-state index is 0.133. The predicted molar refractivity (Wildman–Crippen MR) is 87.6 cm³/mol. The quantitative estimate of drug-likeness (QED) is 0.703. The van der Waals surface area contributed by atoms with Crippen LogP contribution in [0.3, 0.4) is 0 Å². The van der Waals surface area contributed by atoms with Gasteiger partial charge in [-0.05, 0) is 24.6 Å². The zero-order chi connectivity index (χ0) is 15.2. The number of carbonyl (C=O) groups is 1. The van der Waals surface area contributed by atoms with E-state index in [0.717, 1.165) is 6.42 Å². The molecule has 1 aromatic rings. The molecular weight excluding hydrogens is 390 g/mol. The maximum absolute atomic E-state index is 12.4. The lowest BCUT2D eigenvalue weighted by molar-refractivity contribution is 0.0915. The molecule has 0 spiro atoms. The Balaban J connectivity index is 2.98. The number of carbonyl (C=O) groups excluding carboxylic acids is 1. The van der Waals surface area contributed by atoms with Gasteiger partial charge in [0.1, 0.15) is 0 Å². The lowest BCUT2D eigenvalue weighted by Crippen LogP contribution is -2.51. The summed E-state index contributed by atoms with van der Waals surface area (Å²) in [6.45, 7) is 2.04. The van der Waals surface area contributed by atoms with Crippen LogP contribution in [0.4, 0.5) is 0 Å². The first kappa shape index (κ1) is 17.3. The number of halogens is 2. The molecule has 6 heteroatoms. The van der Waals surface area contributed by atoms with Gasteiger partial charge in [-0.25, -0.2) is 0 Å². The first-order valence-electron chi connectivity index (χ1n) is 6.22. The second-order valence-electron chi connectivity index (χ2n) is 4.43. The van der Waals surface area contributed by atoms with Crippen molar-refractivity contribution in [2.45, 2.75) is 18.9 Å². The van der Waals surface area contributed by atoms with Crippen LogP contribution in [-0.4, -0.2) is 36.3 Å². The number of ether oxygens (including phenoxy) is 2. The van der Waals surface area contributed by atoms with Gasteiger partial charge < -0.3 is 14.8 Å². The third kappa shape index (κ3) is 3.88. The summed E-state index contributed by atoms with van der Waals surface area (Å²) in [7, 11) is 3.11. The van der Waals surface area contributed by atoms with Crippen LogP contribution in [0.2, 0.25) is 0 Å². The first-order valence-corrected chi connectivity index (χ1v) is 8.46. The number of benzene rings is 1. The van der Waals surface area contributed by atoms with Gasteiger partial charge in [-0.3, -0.25) is 4.79 Å². The number of hydrogen-bond donors (Lipinski definition) is 1. The molecule has 0 aromatic heterocycles. The van der Waals surface area contributed by atoms with Crippen molar-refractivity contribution in [2.24, 2.45) is 0 Å². The molecule has 0 atom stereocenters.